The van der Waals surface area contributed by atoms with E-state index in [1.807, 2.05) is 0 Å². The Hall–Kier alpha value is -1.13. The molecule has 3 nitrogen and oxygen atoms in total. The van der Waals surface area contributed by atoms with Crippen LogP contribution in [0.25, 0.3) is 0 Å². The van der Waals surface area contributed by atoms with Gasteiger partial charge in [-0.05, 0) is 19.1 Å². The van der Waals surface area contributed by atoms with Gasteiger partial charge >= 0.3 is 0 Å². The van der Waals surface area contributed by atoms with Gasteiger partial charge in [-0.3, -0.25) is 4.79 Å². The second kappa shape index (κ2) is 3.94. The topological polar surface area (TPSA) is 63.3 Å². The fourth-order valence-corrected chi connectivity index (χ4v) is 1.24. The zero-order chi connectivity index (χ0) is 10.9. The highest BCUT2D eigenvalue weighted by Gasteiger charge is 2.21. The predicted octanol–water partition coefficient (Wildman–Crippen LogP) is 1.71. The van der Waals surface area contributed by atoms with Crippen molar-refractivity contribution >= 4 is 17.4 Å². The number of hydrogen-bond donors (Lipinski definition) is 2. The zero-order valence-corrected chi connectivity index (χ0v) is 8.18. The van der Waals surface area contributed by atoms with Crippen molar-refractivity contribution in [2.45, 2.75) is 13.0 Å². The number of nitrogens with two attached hydrogens (primary N) is 1. The van der Waals surface area contributed by atoms with Crippen molar-refractivity contribution in [1.29, 1.82) is 0 Å². The molecule has 0 amide bonds. The molecule has 0 saturated heterocycles. The lowest BCUT2D eigenvalue weighted by Gasteiger charge is -2.08. The van der Waals surface area contributed by atoms with E-state index < -0.39 is 17.6 Å². The average Bonchev–Trinajstić information content (AvgIpc) is 2.12. The van der Waals surface area contributed by atoms with Gasteiger partial charge in [0.25, 0.3) is 0 Å². The third-order valence-electron chi connectivity index (χ3n) is 1.73. The van der Waals surface area contributed by atoms with Gasteiger partial charge in [0.2, 0.25) is 0 Å². The second-order valence-corrected chi connectivity index (χ2v) is 3.29. The molecule has 0 saturated carbocycles. The Labute approximate surface area is 85.3 Å². The molecule has 0 aliphatic heterocycles. The van der Waals surface area contributed by atoms with Crippen LogP contribution in [0.2, 0.25) is 5.02 Å². The van der Waals surface area contributed by atoms with Gasteiger partial charge in [-0.1, -0.05) is 11.6 Å². The third-order valence-corrected chi connectivity index (χ3v) is 2.11. The molecular weight excluding hydrogens is 209 g/mol. The number of ketones is 1. The Morgan fingerprint density at radius 3 is 2.71 bits per heavy atom. The van der Waals surface area contributed by atoms with Crippen LogP contribution >= 0.6 is 11.6 Å². The molecule has 0 aliphatic rings. The fourth-order valence-electron chi connectivity index (χ4n) is 0.995. The number of hydrogen-bond acceptors (Lipinski definition) is 3. The van der Waals surface area contributed by atoms with E-state index in [0.29, 0.717) is 0 Å². The average molecular weight is 218 g/mol. The largest absolute Gasteiger partial charge is 0.506 e. The van der Waals surface area contributed by atoms with Gasteiger partial charge in [0.05, 0.1) is 16.6 Å². The van der Waals surface area contributed by atoms with Crippen molar-refractivity contribution in [3.05, 3.63) is 28.5 Å². The number of aromatic hydroxyl groups is 1. The van der Waals surface area contributed by atoms with E-state index >= 15 is 0 Å². The van der Waals surface area contributed by atoms with Crippen LogP contribution in [-0.2, 0) is 0 Å². The van der Waals surface area contributed by atoms with Gasteiger partial charge in [-0.25, -0.2) is 4.39 Å². The number of halogens is 2. The molecule has 0 fully saturated rings. The molecule has 0 heterocycles. The summed E-state index contributed by atoms with van der Waals surface area (Å²) in [6.07, 6.45) is 0. The minimum absolute atomic E-state index is 0.299. The van der Waals surface area contributed by atoms with E-state index in [9.17, 15) is 9.18 Å². The highest BCUT2D eigenvalue weighted by atomic mass is 35.5. The molecule has 0 bridgehead atoms. The number of carbonyl (C=O) groups is 1. The first kappa shape index (κ1) is 10.9. The number of benzene rings is 1. The number of Topliss-reactive ketones (excluding diaryl/α,β-unsaturated/α-hetero) is 1. The lowest BCUT2D eigenvalue weighted by Crippen LogP contribution is -2.27. The predicted molar refractivity (Wildman–Crippen MR) is 51.1 cm³/mol. The first-order chi connectivity index (χ1) is 6.45. The van der Waals surface area contributed by atoms with Crippen LogP contribution < -0.4 is 5.73 Å². The minimum atomic E-state index is -0.858. The van der Waals surface area contributed by atoms with Gasteiger partial charge in [-0.2, -0.15) is 0 Å². The van der Waals surface area contributed by atoms with Gasteiger partial charge in [-0.15, -0.1) is 0 Å². The van der Waals surface area contributed by atoms with E-state index in [2.05, 4.69) is 0 Å². The lowest BCUT2D eigenvalue weighted by molar-refractivity contribution is 0.0963. The van der Waals surface area contributed by atoms with Crippen molar-refractivity contribution in [2.75, 3.05) is 0 Å². The minimum Gasteiger partial charge on any atom is -0.506 e. The first-order valence-electron chi connectivity index (χ1n) is 3.92. The summed E-state index contributed by atoms with van der Waals surface area (Å²) < 4.78 is 13.2. The molecule has 0 spiro atoms. The van der Waals surface area contributed by atoms with Gasteiger partial charge in [0, 0.05) is 0 Å². The molecule has 1 aromatic carbocycles. The molecular formula is C9H9ClFNO2. The lowest BCUT2D eigenvalue weighted by atomic mass is 10.1. The molecule has 1 rings (SSSR count). The Bertz CT molecular complexity index is 379. The van der Waals surface area contributed by atoms with E-state index in [-0.39, 0.29) is 16.3 Å². The number of phenolic OH excluding ortho intramolecular Hbond substituents is 1. The van der Waals surface area contributed by atoms with Gasteiger partial charge in [0.1, 0.15) is 11.6 Å². The normalized spacial score (nSPS) is 12.6. The number of rotatable bonds is 2. The molecule has 1 aromatic rings. The van der Waals surface area contributed by atoms with Crippen molar-refractivity contribution in [3.8, 4) is 5.75 Å². The Balaban J connectivity index is 3.33. The standard InChI is InChI=1S/C9H9ClFNO2/c1-4(12)9(14)7-5(11)2-3-6(13)8(7)10/h2-4,13H,12H2,1H3. The summed E-state index contributed by atoms with van der Waals surface area (Å²) in [7, 11) is 0. The van der Waals surface area contributed by atoms with Gasteiger partial charge in [0.15, 0.2) is 5.78 Å². The zero-order valence-electron chi connectivity index (χ0n) is 7.42. The third kappa shape index (κ3) is 1.86. The molecule has 0 radical (unpaired) electrons. The maximum Gasteiger partial charge on any atom is 0.183 e. The van der Waals surface area contributed by atoms with Crippen LogP contribution in [0, 0.1) is 5.82 Å². The summed E-state index contributed by atoms with van der Waals surface area (Å²) in [5.41, 5.74) is 4.94. The van der Waals surface area contributed by atoms with Crippen LogP contribution in [0.5, 0.6) is 5.75 Å². The molecule has 0 aromatic heterocycles. The number of phenols is 1. The summed E-state index contributed by atoms with van der Waals surface area (Å²) >= 11 is 5.57. The summed E-state index contributed by atoms with van der Waals surface area (Å²) in [6.45, 7) is 1.42. The maximum atomic E-state index is 13.2. The summed E-state index contributed by atoms with van der Waals surface area (Å²) in [6, 6.07) is 1.19. The van der Waals surface area contributed by atoms with Crippen LogP contribution in [0.4, 0.5) is 4.39 Å². The Morgan fingerprint density at radius 2 is 2.21 bits per heavy atom. The highest BCUT2D eigenvalue weighted by Crippen LogP contribution is 2.29. The van der Waals surface area contributed by atoms with Gasteiger partial charge < -0.3 is 10.8 Å². The van der Waals surface area contributed by atoms with Crippen molar-refractivity contribution in [2.24, 2.45) is 5.73 Å². The Kier molecular flexibility index (Phi) is 3.08. The molecule has 1 atom stereocenters. The monoisotopic (exact) mass is 217 g/mol. The number of carbonyl (C=O) groups excluding carboxylic acids is 1. The first-order valence-corrected chi connectivity index (χ1v) is 4.29. The second-order valence-electron chi connectivity index (χ2n) is 2.91. The fraction of sp³-hybridized carbons (Fsp3) is 0.222. The smallest absolute Gasteiger partial charge is 0.183 e. The van der Waals surface area contributed by atoms with Crippen LogP contribution in [0.1, 0.15) is 17.3 Å². The van der Waals surface area contributed by atoms with Crippen molar-refractivity contribution < 1.29 is 14.3 Å². The quantitative estimate of drug-likeness (QED) is 0.742. The van der Waals surface area contributed by atoms with Crippen LogP contribution in [0.3, 0.4) is 0 Å². The van der Waals surface area contributed by atoms with E-state index in [1.165, 1.54) is 6.92 Å². The van der Waals surface area contributed by atoms with E-state index in [4.69, 9.17) is 22.4 Å². The molecule has 76 valence electrons. The molecule has 0 aliphatic carbocycles. The van der Waals surface area contributed by atoms with E-state index in [1.54, 1.807) is 0 Å². The van der Waals surface area contributed by atoms with Crippen LogP contribution in [0.15, 0.2) is 12.1 Å². The summed E-state index contributed by atoms with van der Waals surface area (Å²) in [5.74, 6) is -1.75. The molecule has 14 heavy (non-hydrogen) atoms. The van der Waals surface area contributed by atoms with Crippen molar-refractivity contribution in [3.63, 3.8) is 0 Å². The Morgan fingerprint density at radius 1 is 1.64 bits per heavy atom. The molecule has 1 unspecified atom stereocenters. The molecule has 3 N–H and O–H groups in total. The van der Waals surface area contributed by atoms with Crippen molar-refractivity contribution in [1.82, 2.24) is 0 Å². The molecule has 5 heteroatoms. The highest BCUT2D eigenvalue weighted by molar-refractivity contribution is 6.35. The SMILES string of the molecule is CC(N)C(=O)c1c(F)ccc(O)c1Cl. The van der Waals surface area contributed by atoms with E-state index in [0.717, 1.165) is 12.1 Å². The maximum absolute atomic E-state index is 13.2. The summed E-state index contributed by atoms with van der Waals surface area (Å²) in [4.78, 5) is 11.4. The summed E-state index contributed by atoms with van der Waals surface area (Å²) in [5, 5.41) is 8.86. The van der Waals surface area contributed by atoms with Crippen LogP contribution in [-0.4, -0.2) is 16.9 Å².